The van der Waals surface area contributed by atoms with Gasteiger partial charge in [0, 0.05) is 18.9 Å². The topological polar surface area (TPSA) is 68.0 Å². The standard InChI is InChI=1S/C12H17N3O/c1-2-7-15-12(16)11(3-6-13)10-4-8-14-9-5-10/h2,4-5,8-9,11H,1,3,6-7,13H2,(H,15,16). The largest absolute Gasteiger partial charge is 0.352 e. The van der Waals surface area contributed by atoms with Crippen molar-refractivity contribution >= 4 is 5.91 Å². The number of nitrogens with one attached hydrogen (secondary N) is 1. The first-order valence-electron chi connectivity index (χ1n) is 5.28. The van der Waals surface area contributed by atoms with Crippen LogP contribution in [0.2, 0.25) is 0 Å². The van der Waals surface area contributed by atoms with Gasteiger partial charge < -0.3 is 11.1 Å². The van der Waals surface area contributed by atoms with E-state index in [0.29, 0.717) is 19.5 Å². The molecule has 0 saturated carbocycles. The summed E-state index contributed by atoms with van der Waals surface area (Å²) >= 11 is 0. The van der Waals surface area contributed by atoms with Gasteiger partial charge >= 0.3 is 0 Å². The van der Waals surface area contributed by atoms with Crippen molar-refractivity contribution in [1.29, 1.82) is 0 Å². The van der Waals surface area contributed by atoms with E-state index >= 15 is 0 Å². The molecule has 0 aliphatic carbocycles. The second-order valence-corrected chi connectivity index (χ2v) is 3.44. The van der Waals surface area contributed by atoms with Crippen LogP contribution in [-0.2, 0) is 4.79 Å². The summed E-state index contributed by atoms with van der Waals surface area (Å²) < 4.78 is 0. The molecule has 1 rings (SSSR count). The normalized spacial score (nSPS) is 11.8. The Morgan fingerprint density at radius 1 is 1.56 bits per heavy atom. The highest BCUT2D eigenvalue weighted by atomic mass is 16.1. The Morgan fingerprint density at radius 3 is 2.81 bits per heavy atom. The minimum atomic E-state index is -0.201. The number of hydrogen-bond donors (Lipinski definition) is 2. The average molecular weight is 219 g/mol. The predicted molar refractivity (Wildman–Crippen MR) is 63.9 cm³/mol. The van der Waals surface area contributed by atoms with Crippen molar-refractivity contribution in [3.63, 3.8) is 0 Å². The molecule has 0 bridgehead atoms. The van der Waals surface area contributed by atoms with Crippen molar-refractivity contribution in [3.8, 4) is 0 Å². The van der Waals surface area contributed by atoms with E-state index in [1.54, 1.807) is 18.5 Å². The van der Waals surface area contributed by atoms with E-state index in [-0.39, 0.29) is 11.8 Å². The molecular formula is C12H17N3O. The summed E-state index contributed by atoms with van der Waals surface area (Å²) in [5.41, 5.74) is 6.46. The van der Waals surface area contributed by atoms with Crippen molar-refractivity contribution in [2.75, 3.05) is 13.1 Å². The van der Waals surface area contributed by atoms with Crippen LogP contribution in [0.1, 0.15) is 17.9 Å². The second-order valence-electron chi connectivity index (χ2n) is 3.44. The molecule has 0 aromatic carbocycles. The summed E-state index contributed by atoms with van der Waals surface area (Å²) in [5.74, 6) is -0.218. The number of pyridine rings is 1. The molecule has 0 fully saturated rings. The minimum Gasteiger partial charge on any atom is -0.352 e. The van der Waals surface area contributed by atoms with Gasteiger partial charge in [0.15, 0.2) is 0 Å². The monoisotopic (exact) mass is 219 g/mol. The van der Waals surface area contributed by atoms with Crippen LogP contribution >= 0.6 is 0 Å². The van der Waals surface area contributed by atoms with Crippen molar-refractivity contribution in [2.24, 2.45) is 5.73 Å². The van der Waals surface area contributed by atoms with Gasteiger partial charge in [-0.05, 0) is 30.7 Å². The highest BCUT2D eigenvalue weighted by molar-refractivity contribution is 5.83. The number of hydrogen-bond acceptors (Lipinski definition) is 3. The van der Waals surface area contributed by atoms with E-state index in [0.717, 1.165) is 5.56 Å². The average Bonchev–Trinajstić information content (AvgIpc) is 2.34. The Bertz CT molecular complexity index is 337. The Morgan fingerprint density at radius 2 is 2.25 bits per heavy atom. The molecule has 1 aromatic rings. The molecule has 4 heteroatoms. The van der Waals surface area contributed by atoms with E-state index in [9.17, 15) is 4.79 Å². The number of aromatic nitrogens is 1. The van der Waals surface area contributed by atoms with Gasteiger partial charge in [-0.1, -0.05) is 6.08 Å². The third-order valence-electron chi connectivity index (χ3n) is 2.30. The first-order valence-corrected chi connectivity index (χ1v) is 5.28. The summed E-state index contributed by atoms with van der Waals surface area (Å²) in [6.07, 6.45) is 5.65. The highest BCUT2D eigenvalue weighted by Gasteiger charge is 2.18. The number of carbonyl (C=O) groups excluding carboxylic acids is 1. The van der Waals surface area contributed by atoms with Crippen LogP contribution in [0.25, 0.3) is 0 Å². The van der Waals surface area contributed by atoms with Crippen LogP contribution in [0, 0.1) is 0 Å². The molecule has 1 heterocycles. The van der Waals surface area contributed by atoms with Crippen LogP contribution in [0.15, 0.2) is 37.2 Å². The van der Waals surface area contributed by atoms with Gasteiger partial charge in [0.05, 0.1) is 5.92 Å². The lowest BCUT2D eigenvalue weighted by Gasteiger charge is -2.15. The molecule has 0 spiro atoms. The lowest BCUT2D eigenvalue weighted by molar-refractivity contribution is -0.122. The van der Waals surface area contributed by atoms with E-state index in [1.165, 1.54) is 0 Å². The molecule has 4 nitrogen and oxygen atoms in total. The maximum Gasteiger partial charge on any atom is 0.227 e. The fourth-order valence-electron chi connectivity index (χ4n) is 1.51. The van der Waals surface area contributed by atoms with Crippen LogP contribution in [0.3, 0.4) is 0 Å². The Labute approximate surface area is 95.6 Å². The zero-order valence-corrected chi connectivity index (χ0v) is 9.23. The molecule has 0 radical (unpaired) electrons. The lowest BCUT2D eigenvalue weighted by atomic mass is 9.96. The SMILES string of the molecule is C=CCNC(=O)C(CCN)c1ccncc1. The summed E-state index contributed by atoms with van der Waals surface area (Å²) in [6.45, 7) is 4.52. The van der Waals surface area contributed by atoms with Crippen molar-refractivity contribution in [2.45, 2.75) is 12.3 Å². The van der Waals surface area contributed by atoms with E-state index in [2.05, 4.69) is 16.9 Å². The van der Waals surface area contributed by atoms with Crippen LogP contribution in [0.4, 0.5) is 0 Å². The van der Waals surface area contributed by atoms with E-state index in [1.807, 2.05) is 12.1 Å². The van der Waals surface area contributed by atoms with Gasteiger partial charge in [0.1, 0.15) is 0 Å². The molecule has 0 saturated heterocycles. The number of nitrogens with two attached hydrogens (primary N) is 1. The maximum atomic E-state index is 11.9. The van der Waals surface area contributed by atoms with Gasteiger partial charge in [0.25, 0.3) is 0 Å². The fraction of sp³-hybridized carbons (Fsp3) is 0.333. The Kier molecular flexibility index (Phi) is 5.22. The van der Waals surface area contributed by atoms with Gasteiger partial charge in [-0.15, -0.1) is 6.58 Å². The van der Waals surface area contributed by atoms with Gasteiger partial charge in [0.2, 0.25) is 5.91 Å². The summed E-state index contributed by atoms with van der Waals surface area (Å²) in [5, 5.41) is 2.78. The third-order valence-corrected chi connectivity index (χ3v) is 2.30. The molecule has 0 aliphatic rings. The summed E-state index contributed by atoms with van der Waals surface area (Å²) in [7, 11) is 0. The van der Waals surface area contributed by atoms with Crippen LogP contribution in [0.5, 0.6) is 0 Å². The van der Waals surface area contributed by atoms with Gasteiger partial charge in [-0.3, -0.25) is 9.78 Å². The number of carbonyl (C=O) groups is 1. The maximum absolute atomic E-state index is 11.9. The zero-order valence-electron chi connectivity index (χ0n) is 9.23. The molecule has 16 heavy (non-hydrogen) atoms. The number of amides is 1. The van der Waals surface area contributed by atoms with E-state index in [4.69, 9.17) is 5.73 Å². The van der Waals surface area contributed by atoms with Crippen molar-refractivity contribution in [3.05, 3.63) is 42.7 Å². The molecule has 1 unspecified atom stereocenters. The van der Waals surface area contributed by atoms with Crippen LogP contribution in [-0.4, -0.2) is 24.0 Å². The quantitative estimate of drug-likeness (QED) is 0.696. The zero-order chi connectivity index (χ0) is 11.8. The Hall–Kier alpha value is -1.68. The van der Waals surface area contributed by atoms with Crippen molar-refractivity contribution < 1.29 is 4.79 Å². The molecule has 0 aliphatic heterocycles. The number of nitrogens with zero attached hydrogens (tertiary/aromatic N) is 1. The second kappa shape index (κ2) is 6.74. The summed E-state index contributed by atoms with van der Waals surface area (Å²) in [4.78, 5) is 15.8. The molecular weight excluding hydrogens is 202 g/mol. The van der Waals surface area contributed by atoms with Crippen molar-refractivity contribution in [1.82, 2.24) is 10.3 Å². The number of rotatable bonds is 6. The van der Waals surface area contributed by atoms with Gasteiger partial charge in [-0.2, -0.15) is 0 Å². The predicted octanol–water partition coefficient (Wildman–Crippen LogP) is 0.816. The van der Waals surface area contributed by atoms with Crippen LogP contribution < -0.4 is 11.1 Å². The molecule has 86 valence electrons. The molecule has 1 amide bonds. The lowest BCUT2D eigenvalue weighted by Crippen LogP contribution is -2.30. The molecule has 3 N–H and O–H groups in total. The smallest absolute Gasteiger partial charge is 0.227 e. The third kappa shape index (κ3) is 3.47. The molecule has 1 aromatic heterocycles. The summed E-state index contributed by atoms with van der Waals surface area (Å²) in [6, 6.07) is 3.68. The Balaban J connectivity index is 2.74. The van der Waals surface area contributed by atoms with E-state index < -0.39 is 0 Å². The van der Waals surface area contributed by atoms with Gasteiger partial charge in [-0.25, -0.2) is 0 Å². The highest BCUT2D eigenvalue weighted by Crippen LogP contribution is 2.18. The first kappa shape index (κ1) is 12.4. The fourth-order valence-corrected chi connectivity index (χ4v) is 1.51. The minimum absolute atomic E-state index is 0.0171. The first-order chi connectivity index (χ1) is 7.79. The molecule has 1 atom stereocenters.